The SMILES string of the molecule is CCCCCCCCC(NN)c1c(Cl)cnn1CCOC. The number of nitrogens with two attached hydrogens (primary N) is 1. The van der Waals surface area contributed by atoms with E-state index in [1.807, 2.05) is 4.68 Å². The fourth-order valence-electron chi connectivity index (χ4n) is 2.50. The van der Waals surface area contributed by atoms with E-state index in [1.54, 1.807) is 13.3 Å². The number of rotatable bonds is 12. The van der Waals surface area contributed by atoms with Crippen LogP contribution in [0.2, 0.25) is 5.02 Å². The van der Waals surface area contributed by atoms with E-state index in [4.69, 9.17) is 22.2 Å². The summed E-state index contributed by atoms with van der Waals surface area (Å²) in [7, 11) is 1.68. The quantitative estimate of drug-likeness (QED) is 0.352. The Labute approximate surface area is 133 Å². The van der Waals surface area contributed by atoms with Gasteiger partial charge in [-0.15, -0.1) is 0 Å². The lowest BCUT2D eigenvalue weighted by atomic mass is 10.0. The van der Waals surface area contributed by atoms with E-state index < -0.39 is 0 Å². The zero-order valence-electron chi connectivity index (χ0n) is 13.3. The molecule has 5 nitrogen and oxygen atoms in total. The van der Waals surface area contributed by atoms with Gasteiger partial charge in [0, 0.05) is 7.11 Å². The second kappa shape index (κ2) is 11.0. The molecule has 0 aliphatic heterocycles. The molecular weight excluding hydrogens is 288 g/mol. The molecule has 0 aromatic carbocycles. The van der Waals surface area contributed by atoms with Gasteiger partial charge in [0.25, 0.3) is 0 Å². The van der Waals surface area contributed by atoms with Crippen LogP contribution in [0.1, 0.15) is 63.6 Å². The molecule has 0 aliphatic rings. The van der Waals surface area contributed by atoms with Crippen molar-refractivity contribution in [3.05, 3.63) is 16.9 Å². The molecule has 1 atom stereocenters. The Morgan fingerprint density at radius 1 is 1.33 bits per heavy atom. The molecule has 1 rings (SSSR count). The fraction of sp³-hybridized carbons (Fsp3) is 0.800. The van der Waals surface area contributed by atoms with Gasteiger partial charge >= 0.3 is 0 Å². The number of methoxy groups -OCH3 is 1. The van der Waals surface area contributed by atoms with Crippen molar-refractivity contribution in [3.8, 4) is 0 Å². The number of nitrogens with zero attached hydrogens (tertiary/aromatic N) is 2. The number of ether oxygens (including phenoxy) is 1. The van der Waals surface area contributed by atoms with Gasteiger partial charge in [0.05, 0.1) is 36.1 Å². The van der Waals surface area contributed by atoms with Crippen molar-refractivity contribution in [2.45, 2.75) is 64.5 Å². The highest BCUT2D eigenvalue weighted by Crippen LogP contribution is 2.26. The summed E-state index contributed by atoms with van der Waals surface area (Å²) >= 11 is 6.26. The highest BCUT2D eigenvalue weighted by atomic mass is 35.5. The van der Waals surface area contributed by atoms with E-state index in [0.717, 1.165) is 18.5 Å². The third-order valence-electron chi connectivity index (χ3n) is 3.72. The largest absolute Gasteiger partial charge is 0.383 e. The van der Waals surface area contributed by atoms with Gasteiger partial charge in [-0.05, 0) is 6.42 Å². The van der Waals surface area contributed by atoms with Crippen LogP contribution in [0.3, 0.4) is 0 Å². The molecule has 1 aromatic heterocycles. The highest BCUT2D eigenvalue weighted by Gasteiger charge is 2.18. The second-order valence-electron chi connectivity index (χ2n) is 5.37. The van der Waals surface area contributed by atoms with E-state index in [0.29, 0.717) is 18.2 Å². The molecule has 0 aliphatic carbocycles. The Hall–Kier alpha value is -0.620. The van der Waals surface area contributed by atoms with Crippen molar-refractivity contribution in [1.29, 1.82) is 0 Å². The summed E-state index contributed by atoms with van der Waals surface area (Å²) in [4.78, 5) is 0. The molecule has 0 saturated heterocycles. The van der Waals surface area contributed by atoms with Crippen LogP contribution in [0.5, 0.6) is 0 Å². The first-order valence-electron chi connectivity index (χ1n) is 7.90. The molecule has 0 fully saturated rings. The molecular formula is C15H29ClN4O. The summed E-state index contributed by atoms with van der Waals surface area (Å²) < 4.78 is 6.99. The van der Waals surface area contributed by atoms with Gasteiger partial charge in [0.1, 0.15) is 0 Å². The Morgan fingerprint density at radius 2 is 2.05 bits per heavy atom. The number of unbranched alkanes of at least 4 members (excludes halogenated alkanes) is 5. The zero-order valence-corrected chi connectivity index (χ0v) is 14.0. The van der Waals surface area contributed by atoms with Gasteiger partial charge in [-0.2, -0.15) is 5.10 Å². The third kappa shape index (κ3) is 6.34. The van der Waals surface area contributed by atoms with E-state index >= 15 is 0 Å². The molecule has 0 radical (unpaired) electrons. The number of hydrogen-bond acceptors (Lipinski definition) is 4. The number of halogens is 1. The highest BCUT2D eigenvalue weighted by molar-refractivity contribution is 6.31. The monoisotopic (exact) mass is 316 g/mol. The summed E-state index contributed by atoms with van der Waals surface area (Å²) in [6, 6.07) is 0.0445. The first kappa shape index (κ1) is 18.4. The van der Waals surface area contributed by atoms with Gasteiger partial charge in [-0.25, -0.2) is 0 Å². The normalized spacial score (nSPS) is 12.8. The molecule has 122 valence electrons. The minimum Gasteiger partial charge on any atom is -0.383 e. The lowest BCUT2D eigenvalue weighted by Gasteiger charge is -2.18. The molecule has 0 spiro atoms. The maximum absolute atomic E-state index is 6.26. The van der Waals surface area contributed by atoms with E-state index in [2.05, 4.69) is 17.4 Å². The lowest BCUT2D eigenvalue weighted by molar-refractivity contribution is 0.181. The van der Waals surface area contributed by atoms with Crippen molar-refractivity contribution < 1.29 is 4.74 Å². The van der Waals surface area contributed by atoms with Gasteiger partial charge in [0.2, 0.25) is 0 Å². The first-order chi connectivity index (χ1) is 10.2. The summed E-state index contributed by atoms with van der Waals surface area (Å²) in [6.07, 6.45) is 10.3. The van der Waals surface area contributed by atoms with Crippen molar-refractivity contribution in [2.24, 2.45) is 5.84 Å². The molecule has 0 saturated carbocycles. The standard InChI is InChI=1S/C15H29ClN4O/c1-3-4-5-6-7-8-9-14(19-17)15-13(16)12-18-20(15)10-11-21-2/h12,14,19H,3-11,17H2,1-2H3. The van der Waals surface area contributed by atoms with Crippen LogP contribution in [0.15, 0.2) is 6.20 Å². The number of hydrogen-bond donors (Lipinski definition) is 2. The molecule has 1 unspecified atom stereocenters. The van der Waals surface area contributed by atoms with Gasteiger partial charge in [-0.3, -0.25) is 16.0 Å². The molecule has 0 amide bonds. The van der Waals surface area contributed by atoms with Gasteiger partial charge in [0.15, 0.2) is 0 Å². The fourth-order valence-corrected chi connectivity index (χ4v) is 2.77. The Balaban J connectivity index is 2.49. The van der Waals surface area contributed by atoms with Crippen LogP contribution in [-0.2, 0) is 11.3 Å². The van der Waals surface area contributed by atoms with E-state index in [1.165, 1.54) is 32.1 Å². The minimum atomic E-state index is 0.0445. The van der Waals surface area contributed by atoms with Crippen LogP contribution >= 0.6 is 11.6 Å². The predicted octanol–water partition coefficient (Wildman–Crippen LogP) is 3.44. The lowest BCUT2D eigenvalue weighted by Crippen LogP contribution is -2.30. The molecule has 6 heteroatoms. The average molecular weight is 317 g/mol. The smallest absolute Gasteiger partial charge is 0.0834 e. The van der Waals surface area contributed by atoms with Crippen molar-refractivity contribution in [1.82, 2.24) is 15.2 Å². The maximum Gasteiger partial charge on any atom is 0.0834 e. The Morgan fingerprint density at radius 3 is 2.71 bits per heavy atom. The number of nitrogens with one attached hydrogen (secondary N) is 1. The maximum atomic E-state index is 6.26. The van der Waals surface area contributed by atoms with Crippen LogP contribution in [0.4, 0.5) is 0 Å². The Bertz CT molecular complexity index is 384. The van der Waals surface area contributed by atoms with Gasteiger partial charge in [-0.1, -0.05) is 57.0 Å². The van der Waals surface area contributed by atoms with Crippen LogP contribution in [0, 0.1) is 0 Å². The molecule has 3 N–H and O–H groups in total. The minimum absolute atomic E-state index is 0.0445. The first-order valence-corrected chi connectivity index (χ1v) is 8.28. The second-order valence-corrected chi connectivity index (χ2v) is 5.78. The topological polar surface area (TPSA) is 65.1 Å². The zero-order chi connectivity index (χ0) is 15.5. The summed E-state index contributed by atoms with van der Waals surface area (Å²) in [6.45, 7) is 3.53. The number of aromatic nitrogens is 2. The van der Waals surface area contributed by atoms with Crippen LogP contribution in [0.25, 0.3) is 0 Å². The summed E-state index contributed by atoms with van der Waals surface area (Å²) in [5, 5.41) is 4.97. The summed E-state index contributed by atoms with van der Waals surface area (Å²) in [5.74, 6) is 5.71. The average Bonchev–Trinajstić information content (AvgIpc) is 2.86. The van der Waals surface area contributed by atoms with Crippen LogP contribution in [-0.4, -0.2) is 23.5 Å². The molecule has 21 heavy (non-hydrogen) atoms. The number of hydrazine groups is 1. The van der Waals surface area contributed by atoms with Crippen molar-refractivity contribution >= 4 is 11.6 Å². The Kier molecular flexibility index (Phi) is 9.67. The molecule has 1 aromatic rings. The van der Waals surface area contributed by atoms with E-state index in [9.17, 15) is 0 Å². The predicted molar refractivity (Wildman–Crippen MR) is 87.2 cm³/mol. The van der Waals surface area contributed by atoms with Gasteiger partial charge < -0.3 is 4.74 Å². The van der Waals surface area contributed by atoms with Crippen molar-refractivity contribution in [2.75, 3.05) is 13.7 Å². The summed E-state index contributed by atoms with van der Waals surface area (Å²) in [5.41, 5.74) is 3.84. The van der Waals surface area contributed by atoms with Crippen molar-refractivity contribution in [3.63, 3.8) is 0 Å². The third-order valence-corrected chi connectivity index (χ3v) is 4.01. The molecule has 1 heterocycles. The van der Waals surface area contributed by atoms with Crippen LogP contribution < -0.4 is 11.3 Å². The van der Waals surface area contributed by atoms with E-state index in [-0.39, 0.29) is 6.04 Å². The molecule has 0 bridgehead atoms.